The highest BCUT2D eigenvalue weighted by atomic mass is 16.5. The molecule has 1 fully saturated rings. The number of carbonyl (C=O) groups is 2. The van der Waals surface area contributed by atoms with Crippen LogP contribution < -0.4 is 14.2 Å². The Hall–Kier alpha value is -4.59. The number of methoxy groups -OCH3 is 1. The van der Waals surface area contributed by atoms with Gasteiger partial charge in [-0.05, 0) is 60.5 Å². The number of Topliss-reactive ketones (excluding diaryl/α,β-unsaturated/α-hetero) is 1. The van der Waals surface area contributed by atoms with Gasteiger partial charge in [0.25, 0.3) is 11.7 Å². The number of aromatic nitrogens is 1. The number of amides is 1. The molecule has 8 heteroatoms. The Kier molecular flexibility index (Phi) is 7.88. The molecule has 0 aliphatic carbocycles. The largest absolute Gasteiger partial charge is 0.507 e. The molecule has 2 heterocycles. The first-order valence-corrected chi connectivity index (χ1v) is 11.8. The second-order valence-corrected chi connectivity index (χ2v) is 8.26. The van der Waals surface area contributed by atoms with Gasteiger partial charge in [0.2, 0.25) is 0 Å². The van der Waals surface area contributed by atoms with Crippen molar-refractivity contribution >= 4 is 17.4 Å². The van der Waals surface area contributed by atoms with E-state index in [0.29, 0.717) is 41.6 Å². The second kappa shape index (κ2) is 11.4. The molecule has 190 valence electrons. The van der Waals surface area contributed by atoms with Crippen LogP contribution in [0.1, 0.15) is 29.7 Å². The van der Waals surface area contributed by atoms with Gasteiger partial charge in [0, 0.05) is 24.5 Å². The summed E-state index contributed by atoms with van der Waals surface area (Å²) >= 11 is 0. The molecule has 1 amide bonds. The van der Waals surface area contributed by atoms with Gasteiger partial charge in [0.1, 0.15) is 18.1 Å². The molecule has 37 heavy (non-hydrogen) atoms. The van der Waals surface area contributed by atoms with Crippen LogP contribution in [0.15, 0.2) is 85.2 Å². The summed E-state index contributed by atoms with van der Waals surface area (Å²) in [5, 5.41) is 11.3. The van der Waals surface area contributed by atoms with Crippen LogP contribution >= 0.6 is 0 Å². The van der Waals surface area contributed by atoms with Crippen molar-refractivity contribution < 1.29 is 28.9 Å². The number of hydrogen-bond acceptors (Lipinski definition) is 7. The molecule has 1 aliphatic rings. The maximum atomic E-state index is 13.3. The second-order valence-electron chi connectivity index (χ2n) is 8.26. The van der Waals surface area contributed by atoms with Gasteiger partial charge in [-0.1, -0.05) is 24.8 Å². The zero-order chi connectivity index (χ0) is 26.4. The average molecular weight is 501 g/mol. The Morgan fingerprint density at radius 3 is 2.54 bits per heavy atom. The summed E-state index contributed by atoms with van der Waals surface area (Å²) in [5.74, 6) is -0.190. The summed E-state index contributed by atoms with van der Waals surface area (Å²) in [6.45, 7) is 6.40. The number of pyridine rings is 1. The molecule has 0 saturated carbocycles. The van der Waals surface area contributed by atoms with Crippen molar-refractivity contribution in [3.63, 3.8) is 0 Å². The predicted octanol–water partition coefficient (Wildman–Crippen LogP) is 4.68. The van der Waals surface area contributed by atoms with Crippen molar-refractivity contribution in [2.45, 2.75) is 19.5 Å². The van der Waals surface area contributed by atoms with Gasteiger partial charge in [-0.15, -0.1) is 0 Å². The van der Waals surface area contributed by atoms with Crippen LogP contribution in [0.2, 0.25) is 0 Å². The Labute approximate surface area is 215 Å². The molecule has 4 rings (SSSR count). The Bertz CT molecular complexity index is 1320. The SMILES string of the molecule is C=CCOc1ccc(C(O)=C2C(=O)C(=O)N(Cc3cccnc3)[C@@H]2c2ccc(OCC)c(OC)c2)cc1. The summed E-state index contributed by atoms with van der Waals surface area (Å²) in [7, 11) is 1.52. The van der Waals surface area contributed by atoms with E-state index in [-0.39, 0.29) is 17.9 Å². The maximum absolute atomic E-state index is 13.3. The molecular weight excluding hydrogens is 472 g/mol. The molecule has 3 aromatic rings. The van der Waals surface area contributed by atoms with Crippen molar-refractivity contribution in [3.05, 3.63) is 102 Å². The zero-order valence-electron chi connectivity index (χ0n) is 20.7. The molecule has 1 saturated heterocycles. The number of ether oxygens (including phenoxy) is 3. The monoisotopic (exact) mass is 500 g/mol. The van der Waals surface area contributed by atoms with Crippen LogP contribution in [-0.4, -0.2) is 47.0 Å². The summed E-state index contributed by atoms with van der Waals surface area (Å²) in [6.07, 6.45) is 4.90. The highest BCUT2D eigenvalue weighted by Gasteiger charge is 2.46. The van der Waals surface area contributed by atoms with E-state index in [9.17, 15) is 14.7 Å². The lowest BCUT2D eigenvalue weighted by molar-refractivity contribution is -0.140. The van der Waals surface area contributed by atoms with Gasteiger partial charge >= 0.3 is 0 Å². The zero-order valence-corrected chi connectivity index (χ0v) is 20.7. The third kappa shape index (κ3) is 5.33. The normalized spacial score (nSPS) is 16.5. The van der Waals surface area contributed by atoms with Crippen LogP contribution in [-0.2, 0) is 16.1 Å². The highest BCUT2D eigenvalue weighted by molar-refractivity contribution is 6.46. The van der Waals surface area contributed by atoms with E-state index < -0.39 is 17.7 Å². The standard InChI is InChI=1S/C29H28N2O6/c1-4-15-37-22-11-8-20(9-12-22)27(32)25-26(21-10-13-23(36-5-2)24(16-21)35-3)31(29(34)28(25)33)18-19-7-6-14-30-17-19/h4,6-14,16-17,26,32H,1,5,15,18H2,2-3H3/t26-/m1/s1. The minimum atomic E-state index is -0.860. The number of carbonyl (C=O) groups excluding carboxylic acids is 2. The van der Waals surface area contributed by atoms with E-state index in [4.69, 9.17) is 14.2 Å². The summed E-state index contributed by atoms with van der Waals surface area (Å²) in [4.78, 5) is 32.1. The van der Waals surface area contributed by atoms with Crippen molar-refractivity contribution in [2.24, 2.45) is 0 Å². The molecule has 0 bridgehead atoms. The molecule has 1 atom stereocenters. The highest BCUT2D eigenvalue weighted by Crippen LogP contribution is 2.42. The minimum absolute atomic E-state index is 0.0140. The van der Waals surface area contributed by atoms with Crippen molar-refractivity contribution in [2.75, 3.05) is 20.3 Å². The van der Waals surface area contributed by atoms with E-state index in [1.807, 2.05) is 13.0 Å². The van der Waals surface area contributed by atoms with Crippen molar-refractivity contribution in [1.29, 1.82) is 0 Å². The first-order chi connectivity index (χ1) is 18.0. The Morgan fingerprint density at radius 1 is 1.11 bits per heavy atom. The first-order valence-electron chi connectivity index (χ1n) is 11.8. The minimum Gasteiger partial charge on any atom is -0.507 e. The topological polar surface area (TPSA) is 98.2 Å². The lowest BCUT2D eigenvalue weighted by Crippen LogP contribution is -2.29. The predicted molar refractivity (Wildman–Crippen MR) is 138 cm³/mol. The van der Waals surface area contributed by atoms with E-state index in [1.54, 1.807) is 67.0 Å². The van der Waals surface area contributed by atoms with E-state index in [1.165, 1.54) is 12.0 Å². The van der Waals surface area contributed by atoms with Crippen LogP contribution in [0.3, 0.4) is 0 Å². The summed E-state index contributed by atoms with van der Waals surface area (Å²) in [5.41, 5.74) is 1.71. The fourth-order valence-corrected chi connectivity index (χ4v) is 4.23. The first kappa shape index (κ1) is 25.5. The lowest BCUT2D eigenvalue weighted by atomic mass is 9.94. The van der Waals surface area contributed by atoms with Crippen LogP contribution in [0.4, 0.5) is 0 Å². The van der Waals surface area contributed by atoms with Gasteiger partial charge < -0.3 is 24.2 Å². The fraction of sp³-hybridized carbons (Fsp3) is 0.207. The van der Waals surface area contributed by atoms with Gasteiger partial charge in [0.15, 0.2) is 11.5 Å². The number of nitrogens with zero attached hydrogens (tertiary/aromatic N) is 2. The number of aliphatic hydroxyl groups excluding tert-OH is 1. The van der Waals surface area contributed by atoms with E-state index in [2.05, 4.69) is 11.6 Å². The molecule has 0 unspecified atom stereocenters. The molecule has 1 aliphatic heterocycles. The number of benzene rings is 2. The van der Waals surface area contributed by atoms with Gasteiger partial charge in [-0.2, -0.15) is 0 Å². The molecular formula is C29H28N2O6. The molecule has 1 aromatic heterocycles. The molecule has 0 radical (unpaired) electrons. The number of aliphatic hydroxyl groups is 1. The average Bonchev–Trinajstić information content (AvgIpc) is 3.17. The number of hydrogen-bond donors (Lipinski definition) is 1. The van der Waals surface area contributed by atoms with Crippen LogP contribution in [0.25, 0.3) is 5.76 Å². The number of ketones is 1. The van der Waals surface area contributed by atoms with Crippen molar-refractivity contribution in [1.82, 2.24) is 9.88 Å². The maximum Gasteiger partial charge on any atom is 0.295 e. The Morgan fingerprint density at radius 2 is 1.89 bits per heavy atom. The summed E-state index contributed by atoms with van der Waals surface area (Å²) < 4.78 is 16.6. The fourth-order valence-electron chi connectivity index (χ4n) is 4.23. The van der Waals surface area contributed by atoms with Gasteiger partial charge in [0.05, 0.1) is 25.3 Å². The quantitative estimate of drug-likeness (QED) is 0.187. The summed E-state index contributed by atoms with van der Waals surface area (Å²) in [6, 6.07) is 14.6. The van der Waals surface area contributed by atoms with Crippen LogP contribution in [0.5, 0.6) is 17.2 Å². The van der Waals surface area contributed by atoms with Gasteiger partial charge in [-0.3, -0.25) is 14.6 Å². The van der Waals surface area contributed by atoms with E-state index >= 15 is 0 Å². The molecule has 0 spiro atoms. The number of likely N-dealkylation sites (tertiary alicyclic amines) is 1. The van der Waals surface area contributed by atoms with E-state index in [0.717, 1.165) is 5.56 Å². The smallest absolute Gasteiger partial charge is 0.295 e. The number of rotatable bonds is 10. The third-order valence-electron chi connectivity index (χ3n) is 5.91. The third-order valence-corrected chi connectivity index (χ3v) is 5.91. The van der Waals surface area contributed by atoms with Crippen LogP contribution in [0, 0.1) is 0 Å². The molecule has 2 aromatic carbocycles. The van der Waals surface area contributed by atoms with Gasteiger partial charge in [-0.25, -0.2) is 0 Å². The molecule has 8 nitrogen and oxygen atoms in total. The lowest BCUT2D eigenvalue weighted by Gasteiger charge is -2.26. The Balaban J connectivity index is 1.82. The molecule has 1 N–H and O–H groups in total. The van der Waals surface area contributed by atoms with Crippen molar-refractivity contribution in [3.8, 4) is 17.2 Å².